The summed E-state index contributed by atoms with van der Waals surface area (Å²) in [6.07, 6.45) is 6.59. The Kier molecular flexibility index (Phi) is 4.41. The van der Waals surface area contributed by atoms with Crippen molar-refractivity contribution in [3.8, 4) is 5.75 Å². The molecule has 0 heterocycles. The standard InChI is InChI=1S/C14H20O/c1-4-5-6-7-11(2)13-8-9-14(15)12(3)10-13/h5-6,8-11,15H,4,7H2,1-3H3/b6-5-. The van der Waals surface area contributed by atoms with E-state index < -0.39 is 0 Å². The van der Waals surface area contributed by atoms with Gasteiger partial charge in [0.15, 0.2) is 0 Å². The van der Waals surface area contributed by atoms with Crippen molar-refractivity contribution in [2.45, 2.75) is 39.5 Å². The molecule has 0 fully saturated rings. The molecule has 0 aliphatic carbocycles. The van der Waals surface area contributed by atoms with E-state index in [1.165, 1.54) is 5.56 Å². The first-order valence-corrected chi connectivity index (χ1v) is 5.59. The SMILES string of the molecule is CC/C=C\CC(C)c1ccc(O)c(C)c1. The molecule has 0 aromatic heterocycles. The van der Waals surface area contributed by atoms with Crippen LogP contribution in [-0.2, 0) is 0 Å². The lowest BCUT2D eigenvalue weighted by atomic mass is 9.96. The van der Waals surface area contributed by atoms with E-state index in [1.807, 2.05) is 13.0 Å². The van der Waals surface area contributed by atoms with Gasteiger partial charge >= 0.3 is 0 Å². The summed E-state index contributed by atoms with van der Waals surface area (Å²) in [5, 5.41) is 9.43. The topological polar surface area (TPSA) is 20.2 Å². The fraction of sp³-hybridized carbons (Fsp3) is 0.429. The molecule has 1 atom stereocenters. The maximum Gasteiger partial charge on any atom is 0.118 e. The molecule has 0 saturated heterocycles. The van der Waals surface area contributed by atoms with Crippen molar-refractivity contribution in [3.05, 3.63) is 41.5 Å². The van der Waals surface area contributed by atoms with Gasteiger partial charge < -0.3 is 5.11 Å². The van der Waals surface area contributed by atoms with Crippen LogP contribution in [-0.4, -0.2) is 5.11 Å². The Morgan fingerprint density at radius 3 is 2.67 bits per heavy atom. The number of hydrogen-bond donors (Lipinski definition) is 1. The summed E-state index contributed by atoms with van der Waals surface area (Å²) in [5.74, 6) is 0.905. The summed E-state index contributed by atoms with van der Waals surface area (Å²) in [6.45, 7) is 6.30. The van der Waals surface area contributed by atoms with Crippen LogP contribution < -0.4 is 0 Å². The third-order valence-corrected chi connectivity index (χ3v) is 2.68. The van der Waals surface area contributed by atoms with E-state index in [9.17, 15) is 5.11 Å². The van der Waals surface area contributed by atoms with Crippen LogP contribution in [0.15, 0.2) is 30.4 Å². The molecule has 0 spiro atoms. The highest BCUT2D eigenvalue weighted by atomic mass is 16.3. The van der Waals surface area contributed by atoms with Crippen LogP contribution >= 0.6 is 0 Å². The van der Waals surface area contributed by atoms with Gasteiger partial charge in [0.2, 0.25) is 0 Å². The highest BCUT2D eigenvalue weighted by Gasteiger charge is 2.05. The maximum atomic E-state index is 9.43. The van der Waals surface area contributed by atoms with Crippen molar-refractivity contribution in [2.75, 3.05) is 0 Å². The zero-order valence-corrected chi connectivity index (χ0v) is 9.83. The van der Waals surface area contributed by atoms with Crippen LogP contribution in [0.2, 0.25) is 0 Å². The number of aromatic hydroxyl groups is 1. The van der Waals surface area contributed by atoms with E-state index in [0.717, 1.165) is 18.4 Å². The molecule has 1 rings (SSSR count). The summed E-state index contributed by atoms with van der Waals surface area (Å²) in [5.41, 5.74) is 2.25. The molecule has 1 heteroatoms. The van der Waals surface area contributed by atoms with Crippen LogP contribution in [0, 0.1) is 6.92 Å². The smallest absolute Gasteiger partial charge is 0.118 e. The molecule has 82 valence electrons. The summed E-state index contributed by atoms with van der Waals surface area (Å²) < 4.78 is 0. The Labute approximate surface area is 92.5 Å². The molecule has 1 aromatic carbocycles. The second-order valence-electron chi connectivity index (χ2n) is 4.06. The zero-order chi connectivity index (χ0) is 11.3. The molecule has 15 heavy (non-hydrogen) atoms. The van der Waals surface area contributed by atoms with E-state index in [-0.39, 0.29) is 0 Å². The first-order valence-electron chi connectivity index (χ1n) is 5.59. The number of aryl methyl sites for hydroxylation is 1. The van der Waals surface area contributed by atoms with E-state index in [2.05, 4.69) is 32.1 Å². The summed E-state index contributed by atoms with van der Waals surface area (Å²) in [7, 11) is 0. The third-order valence-electron chi connectivity index (χ3n) is 2.68. The molecule has 1 unspecified atom stereocenters. The van der Waals surface area contributed by atoms with E-state index in [0.29, 0.717) is 11.7 Å². The monoisotopic (exact) mass is 204 g/mol. The van der Waals surface area contributed by atoms with Crippen molar-refractivity contribution in [3.63, 3.8) is 0 Å². The molecule has 0 aliphatic rings. The molecule has 0 saturated carbocycles. The number of hydrogen-bond acceptors (Lipinski definition) is 1. The minimum atomic E-state index is 0.384. The lowest BCUT2D eigenvalue weighted by Crippen LogP contribution is -1.92. The molecule has 0 aliphatic heterocycles. The minimum Gasteiger partial charge on any atom is -0.508 e. The van der Waals surface area contributed by atoms with Crippen molar-refractivity contribution < 1.29 is 5.11 Å². The summed E-state index contributed by atoms with van der Waals surface area (Å²) in [4.78, 5) is 0. The van der Waals surface area contributed by atoms with Gasteiger partial charge in [-0.2, -0.15) is 0 Å². The average Bonchev–Trinajstić information content (AvgIpc) is 2.22. The van der Waals surface area contributed by atoms with Crippen molar-refractivity contribution in [1.82, 2.24) is 0 Å². The first kappa shape index (κ1) is 11.8. The second-order valence-corrected chi connectivity index (χ2v) is 4.06. The van der Waals surface area contributed by atoms with Crippen molar-refractivity contribution in [2.24, 2.45) is 0 Å². The van der Waals surface area contributed by atoms with Crippen LogP contribution in [0.25, 0.3) is 0 Å². The Hall–Kier alpha value is -1.24. The Morgan fingerprint density at radius 2 is 2.07 bits per heavy atom. The van der Waals surface area contributed by atoms with Gasteiger partial charge in [0.25, 0.3) is 0 Å². The Bertz CT molecular complexity index is 339. The lowest BCUT2D eigenvalue weighted by molar-refractivity contribution is 0.470. The molecule has 1 nitrogen and oxygen atoms in total. The fourth-order valence-electron chi connectivity index (χ4n) is 1.59. The van der Waals surface area contributed by atoms with E-state index in [4.69, 9.17) is 0 Å². The first-order chi connectivity index (χ1) is 7.15. The van der Waals surface area contributed by atoms with Gasteiger partial charge in [0.1, 0.15) is 5.75 Å². The van der Waals surface area contributed by atoms with Gasteiger partial charge in [-0.15, -0.1) is 0 Å². The number of phenolic OH excluding ortho intramolecular Hbond substituents is 1. The molecular weight excluding hydrogens is 184 g/mol. The predicted molar refractivity (Wildman–Crippen MR) is 65.3 cm³/mol. The number of phenols is 1. The van der Waals surface area contributed by atoms with Gasteiger partial charge in [-0.3, -0.25) is 0 Å². The molecule has 1 N–H and O–H groups in total. The van der Waals surface area contributed by atoms with Crippen LogP contribution in [0.3, 0.4) is 0 Å². The van der Waals surface area contributed by atoms with Crippen molar-refractivity contribution in [1.29, 1.82) is 0 Å². The van der Waals surface area contributed by atoms with Gasteiger partial charge in [-0.25, -0.2) is 0 Å². The van der Waals surface area contributed by atoms with Crippen LogP contribution in [0.5, 0.6) is 5.75 Å². The number of allylic oxidation sites excluding steroid dienone is 2. The zero-order valence-electron chi connectivity index (χ0n) is 9.83. The average molecular weight is 204 g/mol. The molecule has 0 amide bonds. The van der Waals surface area contributed by atoms with Crippen LogP contribution in [0.1, 0.15) is 43.7 Å². The van der Waals surface area contributed by atoms with Crippen molar-refractivity contribution >= 4 is 0 Å². The lowest BCUT2D eigenvalue weighted by Gasteiger charge is -2.10. The molecular formula is C14H20O. The summed E-state index contributed by atoms with van der Waals surface area (Å²) >= 11 is 0. The van der Waals surface area contributed by atoms with Gasteiger partial charge in [0, 0.05) is 0 Å². The van der Waals surface area contributed by atoms with Gasteiger partial charge in [-0.05, 0) is 42.9 Å². The molecule has 1 aromatic rings. The highest BCUT2D eigenvalue weighted by molar-refractivity contribution is 5.36. The van der Waals surface area contributed by atoms with Gasteiger partial charge in [-0.1, -0.05) is 38.1 Å². The van der Waals surface area contributed by atoms with E-state index in [1.54, 1.807) is 6.07 Å². The van der Waals surface area contributed by atoms with E-state index >= 15 is 0 Å². The minimum absolute atomic E-state index is 0.384. The second kappa shape index (κ2) is 5.59. The van der Waals surface area contributed by atoms with Gasteiger partial charge in [0.05, 0.1) is 0 Å². The number of rotatable bonds is 4. The quantitative estimate of drug-likeness (QED) is 0.730. The van der Waals surface area contributed by atoms with Crippen LogP contribution in [0.4, 0.5) is 0 Å². The molecule has 0 radical (unpaired) electrons. The highest BCUT2D eigenvalue weighted by Crippen LogP contribution is 2.24. The largest absolute Gasteiger partial charge is 0.508 e. The third kappa shape index (κ3) is 3.43. The molecule has 0 bridgehead atoms. The Balaban J connectivity index is 2.69. The predicted octanol–water partition coefficient (Wildman–Crippen LogP) is 4.16. The maximum absolute atomic E-state index is 9.43. The Morgan fingerprint density at radius 1 is 1.33 bits per heavy atom. The fourth-order valence-corrected chi connectivity index (χ4v) is 1.59. The number of benzene rings is 1. The normalized spacial score (nSPS) is 13.3. The summed E-state index contributed by atoms with van der Waals surface area (Å²) in [6, 6.07) is 5.86.